The molecule has 1 rings (SSSR count). The van der Waals surface area contributed by atoms with Crippen molar-refractivity contribution in [3.05, 3.63) is 18.7 Å². The van der Waals surface area contributed by atoms with Crippen LogP contribution in [0, 0.1) is 11.3 Å². The molecule has 0 aliphatic rings. The van der Waals surface area contributed by atoms with E-state index in [4.69, 9.17) is 0 Å². The highest BCUT2D eigenvalue weighted by Crippen LogP contribution is 2.25. The number of hydrogen-bond donors (Lipinski definition) is 1. The summed E-state index contributed by atoms with van der Waals surface area (Å²) in [6.07, 6.45) is 11.5. The van der Waals surface area contributed by atoms with Crippen molar-refractivity contribution < 1.29 is 5.11 Å². The predicted molar refractivity (Wildman–Crippen MR) is 75.3 cm³/mol. The second-order valence-electron chi connectivity index (χ2n) is 6.44. The van der Waals surface area contributed by atoms with E-state index in [1.165, 1.54) is 19.3 Å². The fourth-order valence-corrected chi connectivity index (χ4v) is 2.11. The Morgan fingerprint density at radius 2 is 2.00 bits per heavy atom. The fourth-order valence-electron chi connectivity index (χ4n) is 2.11. The van der Waals surface area contributed by atoms with E-state index in [0.29, 0.717) is 17.9 Å². The zero-order chi connectivity index (χ0) is 13.4. The highest BCUT2D eigenvalue weighted by atomic mass is 16.3. The van der Waals surface area contributed by atoms with Crippen molar-refractivity contribution in [2.75, 3.05) is 6.61 Å². The molecule has 1 aromatic rings. The standard InChI is InChI=1S/C15H28N2O/c1-15(2,3)8-7-14(12-18)6-4-5-10-17-11-9-16-13-17/h9,11,13-14,18H,4-8,10,12H2,1-3H3/t14-/m0/s1. The van der Waals surface area contributed by atoms with E-state index in [9.17, 15) is 5.11 Å². The zero-order valence-electron chi connectivity index (χ0n) is 12.1. The van der Waals surface area contributed by atoms with E-state index in [1.54, 1.807) is 0 Å². The summed E-state index contributed by atoms with van der Waals surface area (Å²) in [5, 5.41) is 9.39. The molecular formula is C15H28N2O. The van der Waals surface area contributed by atoms with Gasteiger partial charge in [-0.2, -0.15) is 0 Å². The Bertz CT molecular complexity index is 301. The lowest BCUT2D eigenvalue weighted by Crippen LogP contribution is -2.12. The smallest absolute Gasteiger partial charge is 0.0945 e. The summed E-state index contributed by atoms with van der Waals surface area (Å²) in [7, 11) is 0. The lowest BCUT2D eigenvalue weighted by molar-refractivity contribution is 0.190. The first kappa shape index (κ1) is 15.2. The quantitative estimate of drug-likeness (QED) is 0.719. The fraction of sp³-hybridized carbons (Fsp3) is 0.800. The van der Waals surface area contributed by atoms with Crippen LogP contribution in [0.3, 0.4) is 0 Å². The molecule has 0 fully saturated rings. The maximum absolute atomic E-state index is 9.39. The second kappa shape index (κ2) is 7.57. The first-order chi connectivity index (χ1) is 8.51. The van der Waals surface area contributed by atoms with Gasteiger partial charge in [-0.25, -0.2) is 4.98 Å². The summed E-state index contributed by atoms with van der Waals surface area (Å²) >= 11 is 0. The Balaban J connectivity index is 2.11. The molecule has 1 heterocycles. The van der Waals surface area contributed by atoms with E-state index in [-0.39, 0.29) is 0 Å². The van der Waals surface area contributed by atoms with Crippen LogP contribution in [0.15, 0.2) is 18.7 Å². The number of imidazole rings is 1. The molecule has 0 spiro atoms. The average Bonchev–Trinajstić information content (AvgIpc) is 2.80. The van der Waals surface area contributed by atoms with Crippen molar-refractivity contribution in [1.82, 2.24) is 9.55 Å². The molecule has 1 aromatic heterocycles. The SMILES string of the molecule is CC(C)(C)CC[C@@H](CO)CCCCn1ccnc1. The van der Waals surface area contributed by atoms with Crippen LogP contribution in [-0.2, 0) is 6.54 Å². The summed E-state index contributed by atoms with van der Waals surface area (Å²) in [5.74, 6) is 0.479. The molecule has 3 nitrogen and oxygen atoms in total. The highest BCUT2D eigenvalue weighted by molar-refractivity contribution is 4.74. The molecule has 0 aliphatic heterocycles. The number of aliphatic hydroxyl groups is 1. The van der Waals surface area contributed by atoms with Crippen LogP contribution < -0.4 is 0 Å². The van der Waals surface area contributed by atoms with Crippen LogP contribution in [0.5, 0.6) is 0 Å². The van der Waals surface area contributed by atoms with Gasteiger partial charge in [-0.3, -0.25) is 0 Å². The number of aryl methyl sites for hydroxylation is 1. The Labute approximate surface area is 111 Å². The van der Waals surface area contributed by atoms with Gasteiger partial charge in [0.1, 0.15) is 0 Å². The third kappa shape index (κ3) is 6.80. The average molecular weight is 252 g/mol. The summed E-state index contributed by atoms with van der Waals surface area (Å²) in [6, 6.07) is 0. The Morgan fingerprint density at radius 1 is 1.22 bits per heavy atom. The molecule has 0 aromatic carbocycles. The van der Waals surface area contributed by atoms with Crippen LogP contribution in [0.1, 0.15) is 52.9 Å². The molecule has 0 unspecified atom stereocenters. The van der Waals surface area contributed by atoms with Crippen molar-refractivity contribution in [2.24, 2.45) is 11.3 Å². The van der Waals surface area contributed by atoms with E-state index < -0.39 is 0 Å². The van der Waals surface area contributed by atoms with Crippen molar-refractivity contribution in [3.63, 3.8) is 0 Å². The van der Waals surface area contributed by atoms with E-state index in [2.05, 4.69) is 30.3 Å². The molecule has 0 radical (unpaired) electrons. The third-order valence-electron chi connectivity index (χ3n) is 3.40. The largest absolute Gasteiger partial charge is 0.396 e. The van der Waals surface area contributed by atoms with Crippen LogP contribution >= 0.6 is 0 Å². The number of aliphatic hydroxyl groups excluding tert-OH is 1. The number of aromatic nitrogens is 2. The molecule has 0 saturated heterocycles. The maximum Gasteiger partial charge on any atom is 0.0945 e. The third-order valence-corrected chi connectivity index (χ3v) is 3.40. The Morgan fingerprint density at radius 3 is 2.56 bits per heavy atom. The first-order valence-electron chi connectivity index (χ1n) is 7.08. The van der Waals surface area contributed by atoms with Crippen molar-refractivity contribution in [1.29, 1.82) is 0 Å². The Hall–Kier alpha value is -0.830. The van der Waals surface area contributed by atoms with Crippen LogP contribution in [-0.4, -0.2) is 21.3 Å². The molecule has 0 saturated carbocycles. The van der Waals surface area contributed by atoms with Crippen LogP contribution in [0.25, 0.3) is 0 Å². The molecule has 0 bridgehead atoms. The normalized spacial score (nSPS) is 13.8. The van der Waals surface area contributed by atoms with Gasteiger partial charge in [-0.05, 0) is 37.0 Å². The molecule has 18 heavy (non-hydrogen) atoms. The topological polar surface area (TPSA) is 38.0 Å². The van der Waals surface area contributed by atoms with Gasteiger partial charge in [0.25, 0.3) is 0 Å². The molecular weight excluding hydrogens is 224 g/mol. The van der Waals surface area contributed by atoms with E-state index >= 15 is 0 Å². The first-order valence-corrected chi connectivity index (χ1v) is 7.08. The van der Waals surface area contributed by atoms with Gasteiger partial charge in [-0.15, -0.1) is 0 Å². The number of rotatable bonds is 8. The summed E-state index contributed by atoms with van der Waals surface area (Å²) in [6.45, 7) is 8.17. The van der Waals surface area contributed by atoms with Crippen molar-refractivity contribution in [2.45, 2.75) is 59.4 Å². The number of unbranched alkanes of at least 4 members (excludes halogenated alkanes) is 1. The molecule has 3 heteroatoms. The molecule has 0 aliphatic carbocycles. The van der Waals surface area contributed by atoms with Gasteiger partial charge in [0, 0.05) is 25.5 Å². The molecule has 0 amide bonds. The van der Waals surface area contributed by atoms with Gasteiger partial charge in [-0.1, -0.05) is 27.2 Å². The minimum absolute atomic E-state index is 0.334. The molecule has 104 valence electrons. The van der Waals surface area contributed by atoms with E-state index in [0.717, 1.165) is 19.4 Å². The summed E-state index contributed by atoms with van der Waals surface area (Å²) in [4.78, 5) is 4.03. The number of nitrogens with zero attached hydrogens (tertiary/aromatic N) is 2. The molecule has 1 atom stereocenters. The predicted octanol–water partition coefficient (Wildman–Crippen LogP) is 3.49. The van der Waals surface area contributed by atoms with Gasteiger partial charge >= 0.3 is 0 Å². The van der Waals surface area contributed by atoms with Crippen molar-refractivity contribution in [3.8, 4) is 0 Å². The maximum atomic E-state index is 9.39. The van der Waals surface area contributed by atoms with Gasteiger partial charge in [0.2, 0.25) is 0 Å². The van der Waals surface area contributed by atoms with Gasteiger partial charge < -0.3 is 9.67 Å². The zero-order valence-corrected chi connectivity index (χ0v) is 12.1. The monoisotopic (exact) mass is 252 g/mol. The highest BCUT2D eigenvalue weighted by Gasteiger charge is 2.14. The lowest BCUT2D eigenvalue weighted by atomic mass is 9.85. The van der Waals surface area contributed by atoms with Crippen molar-refractivity contribution >= 4 is 0 Å². The van der Waals surface area contributed by atoms with Gasteiger partial charge in [0.05, 0.1) is 6.33 Å². The summed E-state index contributed by atoms with van der Waals surface area (Å²) < 4.78 is 2.11. The van der Waals surface area contributed by atoms with E-state index in [1.807, 2.05) is 18.7 Å². The van der Waals surface area contributed by atoms with Crippen LogP contribution in [0.4, 0.5) is 0 Å². The lowest BCUT2D eigenvalue weighted by Gasteiger charge is -2.22. The number of hydrogen-bond acceptors (Lipinski definition) is 2. The van der Waals surface area contributed by atoms with Gasteiger partial charge in [0.15, 0.2) is 0 Å². The minimum Gasteiger partial charge on any atom is -0.396 e. The second-order valence-corrected chi connectivity index (χ2v) is 6.44. The minimum atomic E-state index is 0.334. The Kier molecular flexibility index (Phi) is 6.41. The van der Waals surface area contributed by atoms with Crippen LogP contribution in [0.2, 0.25) is 0 Å². The molecule has 1 N–H and O–H groups in total. The summed E-state index contributed by atoms with van der Waals surface area (Å²) in [5.41, 5.74) is 0.379.